The molecule has 0 aromatic carbocycles. The van der Waals surface area contributed by atoms with E-state index in [1.807, 2.05) is 13.2 Å². The van der Waals surface area contributed by atoms with Crippen LogP contribution in [0.4, 0.5) is 0 Å². The first kappa shape index (κ1) is 16.2. The Balaban J connectivity index is 4.72. The second-order valence-corrected chi connectivity index (χ2v) is 7.27. The van der Waals surface area contributed by atoms with Gasteiger partial charge in [0.15, 0.2) is 0 Å². The van der Waals surface area contributed by atoms with Crippen LogP contribution in [0.1, 0.15) is 20.3 Å². The lowest BCUT2D eigenvalue weighted by atomic mass is 10.3. The van der Waals surface area contributed by atoms with Crippen molar-refractivity contribution in [2.75, 3.05) is 32.6 Å². The monoisotopic (exact) mass is 268 g/mol. The molecule has 4 nitrogen and oxygen atoms in total. The maximum Gasteiger partial charge on any atom is 0.217 e. The first-order chi connectivity index (χ1) is 7.41. The molecule has 0 spiro atoms. The van der Waals surface area contributed by atoms with E-state index >= 15 is 0 Å². The minimum absolute atomic E-state index is 0.0966. The molecule has 0 aliphatic heterocycles. The summed E-state index contributed by atoms with van der Waals surface area (Å²) in [5.41, 5.74) is 0. The lowest BCUT2D eigenvalue weighted by molar-refractivity contribution is 0.379. The van der Waals surface area contributed by atoms with Crippen molar-refractivity contribution in [3.63, 3.8) is 0 Å². The number of nitrogens with zero attached hydrogens (tertiary/aromatic N) is 1. The third-order valence-electron chi connectivity index (χ3n) is 2.75. The van der Waals surface area contributed by atoms with E-state index in [4.69, 9.17) is 0 Å². The minimum Gasteiger partial charge on any atom is -0.318 e. The van der Waals surface area contributed by atoms with Gasteiger partial charge in [-0.1, -0.05) is 6.92 Å². The van der Waals surface area contributed by atoms with Crippen molar-refractivity contribution in [2.45, 2.75) is 31.6 Å². The van der Waals surface area contributed by atoms with E-state index in [2.05, 4.69) is 5.32 Å². The molecule has 0 bridgehead atoms. The molecule has 98 valence electrons. The molecule has 0 amide bonds. The summed E-state index contributed by atoms with van der Waals surface area (Å²) in [6, 6.07) is 0.0966. The van der Waals surface area contributed by atoms with E-state index in [-0.39, 0.29) is 11.3 Å². The molecular weight excluding hydrogens is 244 g/mol. The summed E-state index contributed by atoms with van der Waals surface area (Å²) in [6.07, 6.45) is 2.85. The Labute approximate surface area is 104 Å². The van der Waals surface area contributed by atoms with Crippen LogP contribution < -0.4 is 5.32 Å². The zero-order chi connectivity index (χ0) is 12.8. The maximum absolute atomic E-state index is 12.2. The van der Waals surface area contributed by atoms with Gasteiger partial charge in [-0.3, -0.25) is 0 Å². The highest BCUT2D eigenvalue weighted by atomic mass is 32.2. The van der Waals surface area contributed by atoms with Crippen molar-refractivity contribution < 1.29 is 8.42 Å². The summed E-state index contributed by atoms with van der Waals surface area (Å²) in [4.78, 5) is 0. The number of rotatable bonds is 8. The van der Waals surface area contributed by atoms with Crippen LogP contribution in [0.25, 0.3) is 0 Å². The standard InChI is InChI=1S/C10H24N2O2S2/c1-6-10(8-15-5)12(4)16(13,14)9(2)7-11-3/h9-11H,6-8H2,1-5H3. The number of nitrogens with one attached hydrogen (secondary N) is 1. The molecule has 0 radical (unpaired) electrons. The van der Waals surface area contributed by atoms with Crippen LogP contribution in [0.2, 0.25) is 0 Å². The van der Waals surface area contributed by atoms with Crippen molar-refractivity contribution in [3.8, 4) is 0 Å². The fourth-order valence-corrected chi connectivity index (χ4v) is 4.08. The van der Waals surface area contributed by atoms with Crippen LogP contribution in [0.3, 0.4) is 0 Å². The van der Waals surface area contributed by atoms with Gasteiger partial charge in [0.2, 0.25) is 10.0 Å². The van der Waals surface area contributed by atoms with Crippen molar-refractivity contribution in [1.29, 1.82) is 0 Å². The second-order valence-electron chi connectivity index (χ2n) is 3.95. The highest BCUT2D eigenvalue weighted by Gasteiger charge is 2.29. The van der Waals surface area contributed by atoms with Crippen molar-refractivity contribution >= 4 is 21.8 Å². The van der Waals surface area contributed by atoms with Gasteiger partial charge in [-0.2, -0.15) is 11.8 Å². The van der Waals surface area contributed by atoms with Crippen LogP contribution in [-0.2, 0) is 10.0 Å². The van der Waals surface area contributed by atoms with E-state index in [0.29, 0.717) is 6.54 Å². The third kappa shape index (κ3) is 4.24. The molecule has 0 saturated carbocycles. The van der Waals surface area contributed by atoms with Crippen molar-refractivity contribution in [2.24, 2.45) is 0 Å². The van der Waals surface area contributed by atoms with Gasteiger partial charge in [0, 0.05) is 25.4 Å². The predicted molar refractivity (Wildman–Crippen MR) is 72.5 cm³/mol. The van der Waals surface area contributed by atoms with Gasteiger partial charge in [0.1, 0.15) is 0 Å². The van der Waals surface area contributed by atoms with Gasteiger partial charge >= 0.3 is 0 Å². The largest absolute Gasteiger partial charge is 0.318 e. The van der Waals surface area contributed by atoms with E-state index in [1.54, 1.807) is 32.8 Å². The molecule has 0 saturated heterocycles. The van der Waals surface area contributed by atoms with E-state index in [0.717, 1.165) is 12.2 Å². The van der Waals surface area contributed by atoms with E-state index in [1.165, 1.54) is 4.31 Å². The van der Waals surface area contributed by atoms with E-state index < -0.39 is 10.0 Å². The van der Waals surface area contributed by atoms with E-state index in [9.17, 15) is 8.42 Å². The van der Waals surface area contributed by atoms with Gasteiger partial charge in [-0.15, -0.1) is 0 Å². The summed E-state index contributed by atoms with van der Waals surface area (Å²) < 4.78 is 25.9. The van der Waals surface area contributed by atoms with Crippen molar-refractivity contribution in [3.05, 3.63) is 0 Å². The van der Waals surface area contributed by atoms with Crippen LogP contribution in [0, 0.1) is 0 Å². The summed E-state index contributed by atoms with van der Waals surface area (Å²) in [5, 5.41) is 2.53. The summed E-state index contributed by atoms with van der Waals surface area (Å²) in [6.45, 7) is 4.26. The second kappa shape index (κ2) is 7.53. The molecule has 16 heavy (non-hydrogen) atoms. The van der Waals surface area contributed by atoms with Gasteiger partial charge in [-0.25, -0.2) is 12.7 Å². The molecule has 2 atom stereocenters. The molecule has 0 aliphatic carbocycles. The minimum atomic E-state index is -3.18. The molecule has 0 heterocycles. The molecule has 0 aromatic heterocycles. The average Bonchev–Trinajstić information content (AvgIpc) is 2.25. The number of sulfonamides is 1. The molecule has 0 fully saturated rings. The van der Waals surface area contributed by atoms with Crippen molar-refractivity contribution in [1.82, 2.24) is 9.62 Å². The number of thioether (sulfide) groups is 1. The maximum atomic E-state index is 12.2. The first-order valence-corrected chi connectivity index (χ1v) is 8.41. The van der Waals surface area contributed by atoms with Crippen LogP contribution in [0.5, 0.6) is 0 Å². The highest BCUT2D eigenvalue weighted by molar-refractivity contribution is 7.98. The molecule has 0 aromatic rings. The summed E-state index contributed by atoms with van der Waals surface area (Å²) in [7, 11) is 0.278. The summed E-state index contributed by atoms with van der Waals surface area (Å²) in [5.74, 6) is 0.846. The molecule has 0 aliphatic rings. The Morgan fingerprint density at radius 1 is 1.44 bits per heavy atom. The Kier molecular flexibility index (Phi) is 7.63. The zero-order valence-corrected chi connectivity index (χ0v) is 12.5. The zero-order valence-electron chi connectivity index (χ0n) is 10.9. The molecule has 1 N–H and O–H groups in total. The lowest BCUT2D eigenvalue weighted by Crippen LogP contribution is -2.45. The topological polar surface area (TPSA) is 49.4 Å². The molecular formula is C10H24N2O2S2. The Morgan fingerprint density at radius 2 is 2.00 bits per heavy atom. The first-order valence-electron chi connectivity index (χ1n) is 5.52. The molecule has 2 unspecified atom stereocenters. The average molecular weight is 268 g/mol. The Bertz CT molecular complexity index is 281. The number of hydrogen-bond donors (Lipinski definition) is 1. The smallest absolute Gasteiger partial charge is 0.217 e. The number of hydrogen-bond acceptors (Lipinski definition) is 4. The highest BCUT2D eigenvalue weighted by Crippen LogP contribution is 2.15. The van der Waals surface area contributed by atoms with Crippen LogP contribution >= 0.6 is 11.8 Å². The third-order valence-corrected chi connectivity index (χ3v) is 5.75. The Hall–Kier alpha value is 0.220. The Morgan fingerprint density at radius 3 is 2.38 bits per heavy atom. The van der Waals surface area contributed by atoms with Crippen LogP contribution in [-0.4, -0.2) is 56.7 Å². The fourth-order valence-electron chi connectivity index (χ4n) is 1.56. The van der Waals surface area contributed by atoms with Gasteiger partial charge in [0.25, 0.3) is 0 Å². The fraction of sp³-hybridized carbons (Fsp3) is 1.00. The van der Waals surface area contributed by atoms with Gasteiger partial charge < -0.3 is 5.32 Å². The van der Waals surface area contributed by atoms with Gasteiger partial charge in [-0.05, 0) is 26.6 Å². The predicted octanol–water partition coefficient (Wildman–Crippen LogP) is 0.998. The normalized spacial score (nSPS) is 16.4. The van der Waals surface area contributed by atoms with Gasteiger partial charge in [0.05, 0.1) is 5.25 Å². The molecule has 0 rings (SSSR count). The van der Waals surface area contributed by atoms with Crippen LogP contribution in [0.15, 0.2) is 0 Å². The lowest BCUT2D eigenvalue weighted by Gasteiger charge is -2.28. The SMILES string of the molecule is CCC(CSC)N(C)S(=O)(=O)C(C)CNC. The quantitative estimate of drug-likeness (QED) is 0.713. The summed E-state index contributed by atoms with van der Waals surface area (Å²) >= 11 is 1.68. The molecule has 6 heteroatoms.